The Labute approximate surface area is 145 Å². The number of sulfone groups is 1. The highest BCUT2D eigenvalue weighted by Gasteiger charge is 2.15. The van der Waals surface area contributed by atoms with Gasteiger partial charge in [0.2, 0.25) is 0 Å². The zero-order chi connectivity index (χ0) is 17.2. The SMILES string of the molecule is C[C@H](NC(=O)c1ccc(Cl)cc1Cl)c1ccc(S(C)(=O)=O)cc1. The third kappa shape index (κ3) is 4.47. The first-order chi connectivity index (χ1) is 10.7. The number of halogens is 2. The first kappa shape index (κ1) is 17.8. The van der Waals surface area contributed by atoms with Crippen LogP contribution >= 0.6 is 23.2 Å². The zero-order valence-electron chi connectivity index (χ0n) is 12.5. The molecule has 0 heterocycles. The van der Waals surface area contributed by atoms with Crippen LogP contribution in [-0.2, 0) is 9.84 Å². The lowest BCUT2D eigenvalue weighted by Crippen LogP contribution is -2.26. The Morgan fingerprint density at radius 1 is 1.09 bits per heavy atom. The van der Waals surface area contributed by atoms with E-state index in [1.807, 2.05) is 0 Å². The van der Waals surface area contributed by atoms with Gasteiger partial charge in [-0.3, -0.25) is 4.79 Å². The van der Waals surface area contributed by atoms with E-state index in [4.69, 9.17) is 23.2 Å². The quantitative estimate of drug-likeness (QED) is 0.886. The number of carbonyl (C=O) groups excluding carboxylic acids is 1. The van der Waals surface area contributed by atoms with Crippen LogP contribution < -0.4 is 5.32 Å². The molecule has 2 rings (SSSR count). The Kier molecular flexibility index (Phi) is 5.34. The van der Waals surface area contributed by atoms with Gasteiger partial charge in [0, 0.05) is 11.3 Å². The second-order valence-corrected chi connectivity index (χ2v) is 8.02. The van der Waals surface area contributed by atoms with Gasteiger partial charge in [0.05, 0.1) is 21.5 Å². The van der Waals surface area contributed by atoms with E-state index in [1.165, 1.54) is 18.2 Å². The molecule has 0 saturated carbocycles. The molecular weight excluding hydrogens is 357 g/mol. The first-order valence-electron chi connectivity index (χ1n) is 6.74. The molecule has 0 spiro atoms. The molecule has 122 valence electrons. The van der Waals surface area contributed by atoms with Crippen LogP contribution in [0.4, 0.5) is 0 Å². The minimum absolute atomic E-state index is 0.237. The van der Waals surface area contributed by atoms with Gasteiger partial charge < -0.3 is 5.32 Å². The third-order valence-corrected chi connectivity index (χ3v) is 5.01. The van der Waals surface area contributed by atoms with Crippen molar-refractivity contribution in [2.75, 3.05) is 6.26 Å². The number of carbonyl (C=O) groups is 1. The maximum Gasteiger partial charge on any atom is 0.253 e. The molecule has 0 aliphatic rings. The molecule has 0 aliphatic carbocycles. The van der Waals surface area contributed by atoms with Crippen molar-refractivity contribution >= 4 is 38.9 Å². The summed E-state index contributed by atoms with van der Waals surface area (Å²) < 4.78 is 22.9. The van der Waals surface area contributed by atoms with E-state index in [0.717, 1.165) is 11.8 Å². The molecule has 4 nitrogen and oxygen atoms in total. The lowest BCUT2D eigenvalue weighted by atomic mass is 10.1. The summed E-state index contributed by atoms with van der Waals surface area (Å²) in [6, 6.07) is 10.7. The van der Waals surface area contributed by atoms with Crippen molar-refractivity contribution in [1.29, 1.82) is 0 Å². The summed E-state index contributed by atoms with van der Waals surface area (Å²) in [4.78, 5) is 12.5. The van der Waals surface area contributed by atoms with Crippen LogP contribution in [-0.4, -0.2) is 20.6 Å². The average Bonchev–Trinajstić information content (AvgIpc) is 2.46. The normalized spacial score (nSPS) is 12.7. The fourth-order valence-electron chi connectivity index (χ4n) is 2.04. The molecular formula is C16H15Cl2NO3S. The minimum atomic E-state index is -3.24. The summed E-state index contributed by atoms with van der Waals surface area (Å²) in [6.45, 7) is 1.80. The Hall–Kier alpha value is -1.56. The first-order valence-corrected chi connectivity index (χ1v) is 9.39. The van der Waals surface area contributed by atoms with Crippen molar-refractivity contribution in [3.05, 3.63) is 63.6 Å². The highest BCUT2D eigenvalue weighted by atomic mass is 35.5. The van der Waals surface area contributed by atoms with Gasteiger partial charge in [-0.2, -0.15) is 0 Å². The van der Waals surface area contributed by atoms with Gasteiger partial charge in [0.15, 0.2) is 9.84 Å². The number of benzene rings is 2. The molecule has 0 bridgehead atoms. The van der Waals surface area contributed by atoms with Crippen LogP contribution in [0.25, 0.3) is 0 Å². The topological polar surface area (TPSA) is 63.2 Å². The van der Waals surface area contributed by atoms with E-state index in [9.17, 15) is 13.2 Å². The molecule has 23 heavy (non-hydrogen) atoms. The van der Waals surface area contributed by atoms with E-state index >= 15 is 0 Å². The molecule has 0 fully saturated rings. The summed E-state index contributed by atoms with van der Waals surface area (Å²) in [5.41, 5.74) is 1.12. The fourth-order valence-corrected chi connectivity index (χ4v) is 3.16. The van der Waals surface area contributed by atoms with Gasteiger partial charge in [-0.05, 0) is 42.8 Å². The fraction of sp³-hybridized carbons (Fsp3) is 0.188. The smallest absolute Gasteiger partial charge is 0.253 e. The molecule has 0 radical (unpaired) electrons. The summed E-state index contributed by atoms with van der Waals surface area (Å²) >= 11 is 11.8. The van der Waals surface area contributed by atoms with Crippen LogP contribution in [0.15, 0.2) is 47.4 Å². The molecule has 0 saturated heterocycles. The van der Waals surface area contributed by atoms with Crippen molar-refractivity contribution in [2.24, 2.45) is 0 Å². The van der Waals surface area contributed by atoms with E-state index in [-0.39, 0.29) is 21.9 Å². The maximum atomic E-state index is 12.3. The Morgan fingerprint density at radius 2 is 1.70 bits per heavy atom. The van der Waals surface area contributed by atoms with E-state index in [0.29, 0.717) is 10.6 Å². The number of nitrogens with one attached hydrogen (secondary N) is 1. The van der Waals surface area contributed by atoms with Gasteiger partial charge in [-0.1, -0.05) is 35.3 Å². The van der Waals surface area contributed by atoms with Crippen molar-refractivity contribution in [3.8, 4) is 0 Å². The van der Waals surface area contributed by atoms with Gasteiger partial charge in [0.25, 0.3) is 5.91 Å². The van der Waals surface area contributed by atoms with E-state index in [1.54, 1.807) is 31.2 Å². The van der Waals surface area contributed by atoms with Crippen LogP contribution in [0.5, 0.6) is 0 Å². The average molecular weight is 372 g/mol. The van der Waals surface area contributed by atoms with Crippen LogP contribution in [0, 0.1) is 0 Å². The molecule has 7 heteroatoms. The number of hydrogen-bond acceptors (Lipinski definition) is 3. The van der Waals surface area contributed by atoms with E-state index in [2.05, 4.69) is 5.32 Å². The van der Waals surface area contributed by atoms with E-state index < -0.39 is 9.84 Å². The zero-order valence-corrected chi connectivity index (χ0v) is 14.8. The molecule has 0 unspecified atom stereocenters. The van der Waals surface area contributed by atoms with Crippen LogP contribution in [0.1, 0.15) is 28.9 Å². The van der Waals surface area contributed by atoms with Gasteiger partial charge in [-0.15, -0.1) is 0 Å². The highest BCUT2D eigenvalue weighted by molar-refractivity contribution is 7.90. The molecule has 2 aromatic rings. The van der Waals surface area contributed by atoms with Crippen LogP contribution in [0.2, 0.25) is 10.0 Å². The predicted octanol–water partition coefficient (Wildman–Crippen LogP) is 3.89. The Balaban J connectivity index is 2.15. The monoisotopic (exact) mass is 371 g/mol. The summed E-state index contributed by atoms with van der Waals surface area (Å²) in [6.07, 6.45) is 1.15. The lowest BCUT2D eigenvalue weighted by molar-refractivity contribution is 0.0940. The largest absolute Gasteiger partial charge is 0.345 e. The summed E-state index contributed by atoms with van der Waals surface area (Å²) in [5.74, 6) is -0.327. The van der Waals surface area contributed by atoms with Crippen molar-refractivity contribution in [3.63, 3.8) is 0 Å². The second kappa shape index (κ2) is 6.91. The van der Waals surface area contributed by atoms with Gasteiger partial charge in [0.1, 0.15) is 0 Å². The number of rotatable bonds is 4. The molecule has 0 aromatic heterocycles. The standard InChI is InChI=1S/C16H15Cl2NO3S/c1-10(11-3-6-13(7-4-11)23(2,21)22)19-16(20)14-8-5-12(17)9-15(14)18/h3-10H,1-2H3,(H,19,20)/t10-/m0/s1. The molecule has 2 aromatic carbocycles. The maximum absolute atomic E-state index is 12.3. The van der Waals surface area contributed by atoms with Crippen molar-refractivity contribution in [1.82, 2.24) is 5.32 Å². The van der Waals surface area contributed by atoms with Crippen LogP contribution in [0.3, 0.4) is 0 Å². The lowest BCUT2D eigenvalue weighted by Gasteiger charge is -2.15. The molecule has 1 atom stereocenters. The van der Waals surface area contributed by atoms with Gasteiger partial charge in [-0.25, -0.2) is 8.42 Å². The molecule has 1 amide bonds. The Morgan fingerprint density at radius 3 is 2.22 bits per heavy atom. The predicted molar refractivity (Wildman–Crippen MR) is 91.9 cm³/mol. The number of amides is 1. The third-order valence-electron chi connectivity index (χ3n) is 3.33. The van der Waals surface area contributed by atoms with Crippen molar-refractivity contribution in [2.45, 2.75) is 17.9 Å². The Bertz CT molecular complexity index is 833. The highest BCUT2D eigenvalue weighted by Crippen LogP contribution is 2.22. The molecule has 0 aliphatic heterocycles. The summed E-state index contributed by atoms with van der Waals surface area (Å²) in [5, 5.41) is 3.54. The summed E-state index contributed by atoms with van der Waals surface area (Å²) in [7, 11) is -3.24. The minimum Gasteiger partial charge on any atom is -0.345 e. The number of hydrogen-bond donors (Lipinski definition) is 1. The van der Waals surface area contributed by atoms with Gasteiger partial charge >= 0.3 is 0 Å². The van der Waals surface area contributed by atoms with Crippen molar-refractivity contribution < 1.29 is 13.2 Å². The molecule has 1 N–H and O–H groups in total. The second-order valence-electron chi connectivity index (χ2n) is 5.16.